The maximum absolute atomic E-state index is 12.1. The number of carbonyl (C=O) groups excluding carboxylic acids is 2. The Balaban J connectivity index is 2.72. The van der Waals surface area contributed by atoms with Gasteiger partial charge in [-0.2, -0.15) is 0 Å². The molecule has 0 aromatic heterocycles. The van der Waals surface area contributed by atoms with Crippen LogP contribution in [0.25, 0.3) is 0 Å². The molecule has 1 aliphatic heterocycles. The number of urea groups is 1. The Morgan fingerprint density at radius 3 is 2.40 bits per heavy atom. The molecule has 1 saturated heterocycles. The van der Waals surface area contributed by atoms with Crippen LogP contribution in [0.2, 0.25) is 0 Å². The van der Waals surface area contributed by atoms with E-state index in [1.807, 2.05) is 0 Å². The molecule has 7 nitrogen and oxygen atoms in total. The molecule has 0 saturated carbocycles. The Morgan fingerprint density at radius 1 is 1.35 bits per heavy atom. The van der Waals surface area contributed by atoms with E-state index in [2.05, 4.69) is 5.32 Å². The predicted molar refractivity (Wildman–Crippen MR) is 72.9 cm³/mol. The van der Waals surface area contributed by atoms with Crippen LogP contribution in [0.5, 0.6) is 0 Å². The lowest BCUT2D eigenvalue weighted by atomic mass is 9.82. The Labute approximate surface area is 118 Å². The zero-order chi connectivity index (χ0) is 15.5. The van der Waals surface area contributed by atoms with Crippen molar-refractivity contribution in [2.45, 2.75) is 39.7 Å². The first-order valence-corrected chi connectivity index (χ1v) is 6.75. The highest BCUT2D eigenvalue weighted by Gasteiger charge is 2.40. The summed E-state index contributed by atoms with van der Waals surface area (Å²) >= 11 is 0. The van der Waals surface area contributed by atoms with Gasteiger partial charge in [-0.05, 0) is 25.7 Å². The van der Waals surface area contributed by atoms with Crippen molar-refractivity contribution in [2.24, 2.45) is 17.1 Å². The second-order valence-electron chi connectivity index (χ2n) is 5.96. The number of carboxylic acid groups (broad SMARTS) is 1. The molecule has 0 bridgehead atoms. The summed E-state index contributed by atoms with van der Waals surface area (Å²) in [5.41, 5.74) is 4.32. The fraction of sp³-hybridized carbons (Fsp3) is 0.769. The van der Waals surface area contributed by atoms with E-state index in [0.29, 0.717) is 19.4 Å². The first-order valence-electron chi connectivity index (χ1n) is 6.75. The second kappa shape index (κ2) is 6.11. The minimum absolute atomic E-state index is 0.118. The van der Waals surface area contributed by atoms with E-state index in [1.54, 1.807) is 20.8 Å². The van der Waals surface area contributed by atoms with E-state index in [0.717, 1.165) is 0 Å². The Morgan fingerprint density at radius 2 is 1.95 bits per heavy atom. The van der Waals surface area contributed by atoms with Crippen LogP contribution in [0, 0.1) is 11.3 Å². The van der Waals surface area contributed by atoms with Gasteiger partial charge < -0.3 is 21.1 Å². The monoisotopic (exact) mass is 285 g/mol. The van der Waals surface area contributed by atoms with Crippen LogP contribution in [-0.2, 0) is 9.59 Å². The van der Waals surface area contributed by atoms with Gasteiger partial charge in [-0.1, -0.05) is 13.8 Å². The number of nitrogens with one attached hydrogen (secondary N) is 1. The van der Waals surface area contributed by atoms with E-state index in [9.17, 15) is 19.5 Å². The van der Waals surface area contributed by atoms with Gasteiger partial charge in [-0.25, -0.2) is 4.79 Å². The summed E-state index contributed by atoms with van der Waals surface area (Å²) < 4.78 is 0. The lowest BCUT2D eigenvalue weighted by molar-refractivity contribution is -0.150. The van der Waals surface area contributed by atoms with Crippen LogP contribution in [0.3, 0.4) is 0 Å². The fourth-order valence-electron chi connectivity index (χ4n) is 2.38. The standard InChI is InChI=1S/C13H23N3O4/c1-8(2)9(10(14)17)15-12(20)16-6-4-5-13(3,7-16)11(18)19/h8-9H,4-7H2,1-3H3,(H2,14,17)(H,15,20)(H,18,19). The third-order valence-corrected chi connectivity index (χ3v) is 3.75. The molecule has 1 fully saturated rings. The van der Waals surface area contributed by atoms with E-state index in [-0.39, 0.29) is 12.5 Å². The number of aliphatic carboxylic acids is 1. The van der Waals surface area contributed by atoms with Crippen molar-refractivity contribution < 1.29 is 19.5 Å². The molecule has 114 valence electrons. The second-order valence-corrected chi connectivity index (χ2v) is 5.96. The maximum Gasteiger partial charge on any atom is 0.318 e. The minimum Gasteiger partial charge on any atom is -0.481 e. The van der Waals surface area contributed by atoms with Gasteiger partial charge in [-0.15, -0.1) is 0 Å². The smallest absolute Gasteiger partial charge is 0.318 e. The van der Waals surface area contributed by atoms with Crippen molar-refractivity contribution in [3.8, 4) is 0 Å². The van der Waals surface area contributed by atoms with E-state index < -0.39 is 29.4 Å². The molecule has 7 heteroatoms. The molecule has 2 unspecified atom stereocenters. The summed E-state index contributed by atoms with van der Waals surface area (Å²) in [6.45, 7) is 5.82. The van der Waals surface area contributed by atoms with Crippen LogP contribution in [0.15, 0.2) is 0 Å². The Bertz CT molecular complexity index is 410. The topological polar surface area (TPSA) is 113 Å². The first kappa shape index (κ1) is 16.3. The molecule has 1 aliphatic rings. The molecule has 20 heavy (non-hydrogen) atoms. The molecule has 4 N–H and O–H groups in total. The van der Waals surface area contributed by atoms with Gasteiger partial charge in [0.2, 0.25) is 5.91 Å². The average molecular weight is 285 g/mol. The molecule has 0 aliphatic carbocycles. The lowest BCUT2D eigenvalue weighted by Gasteiger charge is -2.38. The third-order valence-electron chi connectivity index (χ3n) is 3.75. The highest BCUT2D eigenvalue weighted by molar-refractivity contribution is 5.86. The molecular weight excluding hydrogens is 262 g/mol. The van der Waals surface area contributed by atoms with Gasteiger partial charge >= 0.3 is 12.0 Å². The van der Waals surface area contributed by atoms with Crippen molar-refractivity contribution in [1.29, 1.82) is 0 Å². The van der Waals surface area contributed by atoms with Gasteiger partial charge in [0.25, 0.3) is 0 Å². The molecule has 0 radical (unpaired) electrons. The number of hydrogen-bond acceptors (Lipinski definition) is 3. The number of nitrogens with two attached hydrogens (primary N) is 1. The first-order chi connectivity index (χ1) is 9.17. The highest BCUT2D eigenvalue weighted by Crippen LogP contribution is 2.29. The Hall–Kier alpha value is -1.79. The van der Waals surface area contributed by atoms with Crippen LogP contribution in [0.4, 0.5) is 4.79 Å². The average Bonchev–Trinajstić information content (AvgIpc) is 2.34. The van der Waals surface area contributed by atoms with Crippen molar-refractivity contribution in [3.05, 3.63) is 0 Å². The number of hydrogen-bond donors (Lipinski definition) is 3. The quantitative estimate of drug-likeness (QED) is 0.693. The van der Waals surface area contributed by atoms with Crippen LogP contribution >= 0.6 is 0 Å². The van der Waals surface area contributed by atoms with E-state index in [1.165, 1.54) is 4.90 Å². The Kier molecular flexibility index (Phi) is 4.97. The number of rotatable bonds is 4. The summed E-state index contributed by atoms with van der Waals surface area (Å²) in [7, 11) is 0. The van der Waals surface area contributed by atoms with Gasteiger partial charge in [0, 0.05) is 13.1 Å². The zero-order valence-corrected chi connectivity index (χ0v) is 12.2. The van der Waals surface area contributed by atoms with Crippen LogP contribution in [-0.4, -0.2) is 47.0 Å². The molecule has 0 aromatic carbocycles. The number of carbonyl (C=O) groups is 3. The number of primary amides is 1. The summed E-state index contributed by atoms with van der Waals surface area (Å²) in [4.78, 5) is 36.1. The van der Waals surface area contributed by atoms with Gasteiger partial charge in [0.15, 0.2) is 0 Å². The zero-order valence-electron chi connectivity index (χ0n) is 12.2. The summed E-state index contributed by atoms with van der Waals surface area (Å²) in [5, 5.41) is 11.8. The number of carboxylic acids is 1. The SMILES string of the molecule is CC(C)C(NC(=O)N1CCCC(C)(C(=O)O)C1)C(N)=O. The largest absolute Gasteiger partial charge is 0.481 e. The normalized spacial score (nSPS) is 24.3. The fourth-order valence-corrected chi connectivity index (χ4v) is 2.38. The lowest BCUT2D eigenvalue weighted by Crippen LogP contribution is -2.56. The predicted octanol–water partition coefficient (Wildman–Crippen LogP) is 0.393. The molecule has 3 amide bonds. The van der Waals surface area contributed by atoms with Crippen molar-refractivity contribution in [3.63, 3.8) is 0 Å². The summed E-state index contributed by atoms with van der Waals surface area (Å²) in [6, 6.07) is -1.19. The number of likely N-dealkylation sites (tertiary alicyclic amines) is 1. The molecule has 0 aromatic rings. The van der Waals surface area contributed by atoms with Crippen molar-refractivity contribution in [1.82, 2.24) is 10.2 Å². The summed E-state index contributed by atoms with van der Waals surface area (Å²) in [6.07, 6.45) is 1.16. The van der Waals surface area contributed by atoms with Gasteiger partial charge in [0.05, 0.1) is 5.41 Å². The molecule has 1 heterocycles. The highest BCUT2D eigenvalue weighted by atomic mass is 16.4. The van der Waals surface area contributed by atoms with E-state index >= 15 is 0 Å². The number of nitrogens with zero attached hydrogens (tertiary/aromatic N) is 1. The molecule has 0 spiro atoms. The summed E-state index contributed by atoms with van der Waals surface area (Å²) in [5.74, 6) is -1.62. The van der Waals surface area contributed by atoms with Crippen LogP contribution in [0.1, 0.15) is 33.6 Å². The molecular formula is C13H23N3O4. The third kappa shape index (κ3) is 3.61. The van der Waals surface area contributed by atoms with Gasteiger partial charge in [0.1, 0.15) is 6.04 Å². The van der Waals surface area contributed by atoms with Crippen molar-refractivity contribution in [2.75, 3.05) is 13.1 Å². The number of piperidine rings is 1. The molecule has 1 rings (SSSR count). The minimum atomic E-state index is -0.935. The van der Waals surface area contributed by atoms with Crippen LogP contribution < -0.4 is 11.1 Å². The van der Waals surface area contributed by atoms with Crippen molar-refractivity contribution >= 4 is 17.9 Å². The van der Waals surface area contributed by atoms with Gasteiger partial charge in [-0.3, -0.25) is 9.59 Å². The number of amides is 3. The maximum atomic E-state index is 12.1. The molecule has 2 atom stereocenters. The van der Waals surface area contributed by atoms with E-state index in [4.69, 9.17) is 5.73 Å².